The molecule has 0 fully saturated rings. The van der Waals surface area contributed by atoms with Gasteiger partial charge in [0.15, 0.2) is 0 Å². The molecule has 2 rings (SSSR count). The van der Waals surface area contributed by atoms with Crippen molar-refractivity contribution in [1.29, 1.82) is 0 Å². The average Bonchev–Trinajstić information content (AvgIpc) is 2.68. The zero-order valence-corrected chi connectivity index (χ0v) is 15.8. The second-order valence-corrected chi connectivity index (χ2v) is 8.44. The first kappa shape index (κ1) is 21.4. The molecule has 27 heavy (non-hydrogen) atoms. The highest BCUT2D eigenvalue weighted by Crippen LogP contribution is 2.39. The van der Waals surface area contributed by atoms with Crippen LogP contribution in [0.1, 0.15) is 31.4 Å². The fourth-order valence-electron chi connectivity index (χ4n) is 2.31. The minimum atomic E-state index is -5.86. The van der Waals surface area contributed by atoms with Gasteiger partial charge in [0.05, 0.1) is 17.6 Å². The summed E-state index contributed by atoms with van der Waals surface area (Å²) in [4.78, 5) is 11.3. The van der Waals surface area contributed by atoms with Crippen LogP contribution in [-0.4, -0.2) is 31.6 Å². The number of rotatable bonds is 5. The lowest BCUT2D eigenvalue weighted by Gasteiger charge is -2.21. The van der Waals surface area contributed by atoms with Crippen LogP contribution in [-0.2, 0) is 25.5 Å². The number of carboxylic acids is 1. The third-order valence-corrected chi connectivity index (χ3v) is 5.13. The van der Waals surface area contributed by atoms with Gasteiger partial charge >= 0.3 is 21.6 Å². The van der Waals surface area contributed by atoms with Crippen molar-refractivity contribution < 1.29 is 40.4 Å². The average molecular weight is 429 g/mol. The Morgan fingerprint density at radius 3 is 2.52 bits per heavy atom. The number of hydrogen-bond acceptors (Lipinski definition) is 5. The van der Waals surface area contributed by atoms with E-state index in [2.05, 4.69) is 4.18 Å². The summed E-state index contributed by atoms with van der Waals surface area (Å²) in [6.07, 6.45) is 1.29. The molecular formula is C16H16ClF3O6S. The van der Waals surface area contributed by atoms with Gasteiger partial charge in [-0.05, 0) is 44.0 Å². The van der Waals surface area contributed by atoms with E-state index in [4.69, 9.17) is 16.3 Å². The first-order valence-electron chi connectivity index (χ1n) is 7.64. The van der Waals surface area contributed by atoms with Crippen molar-refractivity contribution in [3.8, 4) is 5.75 Å². The monoisotopic (exact) mass is 428 g/mol. The molecule has 1 heterocycles. The smallest absolute Gasteiger partial charge is 0.492 e. The van der Waals surface area contributed by atoms with Crippen molar-refractivity contribution in [2.45, 2.75) is 32.2 Å². The Morgan fingerprint density at radius 2 is 1.96 bits per heavy atom. The van der Waals surface area contributed by atoms with Crippen molar-refractivity contribution in [3.05, 3.63) is 34.4 Å². The number of alkyl halides is 3. The zero-order valence-electron chi connectivity index (χ0n) is 14.3. The van der Waals surface area contributed by atoms with E-state index in [9.17, 15) is 31.5 Å². The van der Waals surface area contributed by atoms with E-state index < -0.39 is 32.8 Å². The molecule has 0 saturated carbocycles. The normalized spacial score (nSPS) is 15.3. The maximum Gasteiger partial charge on any atom is 0.534 e. The number of fused-ring (bicyclic) bond motifs is 1. The van der Waals surface area contributed by atoms with Crippen molar-refractivity contribution in [3.63, 3.8) is 0 Å². The molecule has 6 nitrogen and oxygen atoms in total. The Labute approximate surface area is 158 Å². The molecule has 0 amide bonds. The van der Waals surface area contributed by atoms with Crippen LogP contribution in [0.3, 0.4) is 0 Å². The Bertz CT molecular complexity index is 890. The molecule has 1 aliphatic heterocycles. The third-order valence-electron chi connectivity index (χ3n) is 3.81. The van der Waals surface area contributed by atoms with Gasteiger partial charge < -0.3 is 14.0 Å². The van der Waals surface area contributed by atoms with Crippen LogP contribution in [0, 0.1) is 5.41 Å². The van der Waals surface area contributed by atoms with E-state index in [-0.39, 0.29) is 35.8 Å². The van der Waals surface area contributed by atoms with Gasteiger partial charge in [-0.3, -0.25) is 4.79 Å². The van der Waals surface area contributed by atoms with Crippen molar-refractivity contribution >= 4 is 33.4 Å². The molecule has 0 unspecified atom stereocenters. The van der Waals surface area contributed by atoms with Crippen LogP contribution in [0.5, 0.6) is 5.75 Å². The molecule has 1 N–H and O–H groups in total. The van der Waals surface area contributed by atoms with Crippen LogP contribution in [0.25, 0.3) is 5.76 Å². The minimum absolute atomic E-state index is 0.0264. The summed E-state index contributed by atoms with van der Waals surface area (Å²) >= 11 is 6.15. The molecule has 0 bridgehead atoms. The molecule has 1 aliphatic rings. The fourth-order valence-corrected chi connectivity index (χ4v) is 3.03. The molecular weight excluding hydrogens is 413 g/mol. The number of carboxylic acid groups (broad SMARTS) is 1. The van der Waals surface area contributed by atoms with E-state index in [1.54, 1.807) is 0 Å². The lowest BCUT2D eigenvalue weighted by atomic mass is 9.85. The van der Waals surface area contributed by atoms with Crippen LogP contribution in [0.15, 0.2) is 18.2 Å². The quantitative estimate of drug-likeness (QED) is 0.563. The maximum absolute atomic E-state index is 12.6. The van der Waals surface area contributed by atoms with Crippen LogP contribution < -0.4 is 4.74 Å². The first-order valence-corrected chi connectivity index (χ1v) is 9.43. The molecule has 1 aromatic carbocycles. The van der Waals surface area contributed by atoms with Gasteiger partial charge in [-0.15, -0.1) is 0 Å². The number of carbonyl (C=O) groups is 1. The summed E-state index contributed by atoms with van der Waals surface area (Å²) in [6, 6.07) is 2.58. The molecule has 0 spiro atoms. The Hall–Kier alpha value is -1.94. The Balaban J connectivity index is 2.46. The first-order chi connectivity index (χ1) is 12.2. The summed E-state index contributed by atoms with van der Waals surface area (Å²) in [5, 5.41) is 9.29. The van der Waals surface area contributed by atoms with Gasteiger partial charge in [0.25, 0.3) is 0 Å². The second kappa shape index (κ2) is 7.23. The second-order valence-electron chi connectivity index (χ2n) is 6.49. The van der Waals surface area contributed by atoms with Gasteiger partial charge in [0.1, 0.15) is 11.5 Å². The van der Waals surface area contributed by atoms with Crippen molar-refractivity contribution in [2.24, 2.45) is 5.41 Å². The van der Waals surface area contributed by atoms with Gasteiger partial charge in [0, 0.05) is 11.4 Å². The summed E-state index contributed by atoms with van der Waals surface area (Å²) in [5.74, 6) is -1.56. The van der Waals surface area contributed by atoms with Gasteiger partial charge in [0.2, 0.25) is 0 Å². The number of aliphatic carboxylic acids is 1. The lowest BCUT2D eigenvalue weighted by molar-refractivity contribution is -0.146. The van der Waals surface area contributed by atoms with Gasteiger partial charge in [-0.25, -0.2) is 0 Å². The SMILES string of the molecule is CC(C)(Cc1cc2c(cc1Cl)C(OS(=O)(=O)C(F)(F)F)=CCCO2)C(=O)O. The maximum atomic E-state index is 12.6. The largest absolute Gasteiger partial charge is 0.534 e. The summed E-state index contributed by atoms with van der Waals surface area (Å²) in [6.45, 7) is 3.04. The number of hydrogen-bond donors (Lipinski definition) is 1. The predicted octanol–water partition coefficient (Wildman–Crippen LogP) is 3.98. The molecule has 1 aromatic rings. The minimum Gasteiger partial charge on any atom is -0.492 e. The molecule has 0 saturated heterocycles. The topological polar surface area (TPSA) is 89.9 Å². The van der Waals surface area contributed by atoms with Crippen LogP contribution >= 0.6 is 11.6 Å². The van der Waals surface area contributed by atoms with Crippen molar-refractivity contribution in [2.75, 3.05) is 6.61 Å². The highest BCUT2D eigenvalue weighted by atomic mass is 35.5. The van der Waals surface area contributed by atoms with E-state index in [0.29, 0.717) is 5.56 Å². The summed E-state index contributed by atoms with van der Waals surface area (Å²) < 4.78 is 70.2. The number of ether oxygens (including phenoxy) is 1. The van der Waals surface area contributed by atoms with E-state index in [0.717, 1.165) is 6.08 Å². The number of halogens is 4. The van der Waals surface area contributed by atoms with Crippen LogP contribution in [0.4, 0.5) is 13.2 Å². The Morgan fingerprint density at radius 1 is 1.33 bits per heavy atom. The fraction of sp³-hybridized carbons (Fsp3) is 0.438. The molecule has 11 heteroatoms. The van der Waals surface area contributed by atoms with Crippen LogP contribution in [0.2, 0.25) is 5.02 Å². The zero-order chi connectivity index (χ0) is 20.6. The summed E-state index contributed by atoms with van der Waals surface area (Å²) in [7, 11) is -5.86. The highest BCUT2D eigenvalue weighted by molar-refractivity contribution is 7.87. The molecule has 150 valence electrons. The third kappa shape index (κ3) is 4.67. The molecule has 0 radical (unpaired) electrons. The predicted molar refractivity (Wildman–Crippen MR) is 90.7 cm³/mol. The van der Waals surface area contributed by atoms with E-state index in [1.165, 1.54) is 26.0 Å². The summed E-state index contributed by atoms with van der Waals surface area (Å²) in [5.41, 5.74) is -6.42. The molecule has 0 atom stereocenters. The Kier molecular flexibility index (Phi) is 5.72. The van der Waals surface area contributed by atoms with E-state index >= 15 is 0 Å². The lowest BCUT2D eigenvalue weighted by Crippen LogP contribution is -2.26. The van der Waals surface area contributed by atoms with Crippen molar-refractivity contribution in [1.82, 2.24) is 0 Å². The van der Waals surface area contributed by atoms with Gasteiger partial charge in [-0.2, -0.15) is 21.6 Å². The molecule has 0 aliphatic carbocycles. The standard InChI is InChI=1S/C16H16ClF3O6S/c1-15(2,14(21)22)8-9-6-13-10(7-11(9)17)12(4-3-5-25-13)26-27(23,24)16(18,19)20/h4,6-7H,3,5,8H2,1-2H3,(H,21,22). The highest BCUT2D eigenvalue weighted by Gasteiger charge is 2.49. The molecule has 0 aromatic heterocycles. The van der Waals surface area contributed by atoms with Gasteiger partial charge in [-0.1, -0.05) is 11.6 Å². The number of benzene rings is 1. The van der Waals surface area contributed by atoms with E-state index in [1.807, 2.05) is 0 Å².